The number of carboxylic acid groups (broad SMARTS) is 1. The second kappa shape index (κ2) is 4.49. The van der Waals surface area contributed by atoms with Gasteiger partial charge in [0.25, 0.3) is 0 Å². The summed E-state index contributed by atoms with van der Waals surface area (Å²) in [5.74, 6) is -0.937. The number of hydrogen-bond donors (Lipinski definition) is 1. The van der Waals surface area contributed by atoms with Gasteiger partial charge in [-0.1, -0.05) is 18.6 Å². The molecule has 0 aliphatic carbocycles. The van der Waals surface area contributed by atoms with Crippen LogP contribution in [0.4, 0.5) is 0 Å². The van der Waals surface area contributed by atoms with Crippen LogP contribution in [-0.4, -0.2) is 21.3 Å². The smallest absolute Gasteiger partial charge is 0.304 e. The van der Waals surface area contributed by atoms with Crippen molar-refractivity contribution in [2.75, 3.05) is 0 Å². The predicted molar refractivity (Wildman–Crippen MR) is 64.9 cm³/mol. The van der Waals surface area contributed by atoms with Gasteiger partial charge in [-0.15, -0.1) is 0 Å². The molecule has 0 aliphatic rings. The third-order valence-corrected chi connectivity index (χ3v) is 2.75. The Morgan fingerprint density at radius 3 is 2.82 bits per heavy atom. The highest BCUT2D eigenvalue weighted by Crippen LogP contribution is 2.20. The van der Waals surface area contributed by atoms with E-state index in [2.05, 4.69) is 10.2 Å². The van der Waals surface area contributed by atoms with Crippen molar-refractivity contribution in [2.45, 2.75) is 26.2 Å². The number of aromatic nitrogens is 2. The maximum atomic E-state index is 10.7. The number of carboxylic acids is 1. The molecule has 0 saturated carbocycles. The normalized spacial score (nSPS) is 12.6. The summed E-state index contributed by atoms with van der Waals surface area (Å²) in [7, 11) is 0. The van der Waals surface area contributed by atoms with Crippen LogP contribution in [0.15, 0.2) is 24.3 Å². The monoisotopic (exact) mass is 230 g/mol. The van der Waals surface area contributed by atoms with E-state index in [1.807, 2.05) is 38.1 Å². The Morgan fingerprint density at radius 2 is 2.12 bits per heavy atom. The van der Waals surface area contributed by atoms with Gasteiger partial charge in [0.1, 0.15) is 0 Å². The number of benzene rings is 1. The fourth-order valence-electron chi connectivity index (χ4n) is 1.79. The van der Waals surface area contributed by atoms with Crippen LogP contribution in [0.5, 0.6) is 0 Å². The molecule has 17 heavy (non-hydrogen) atoms. The standard InChI is InChI=1S/C13H14N2O2/c1-8-3-4-11-10(5-8)7-12(15-14-11)9(2)6-13(16)17/h3-5,7,9H,6H2,1-2H3,(H,16,17). The summed E-state index contributed by atoms with van der Waals surface area (Å²) in [6.07, 6.45) is 0.0754. The van der Waals surface area contributed by atoms with E-state index in [4.69, 9.17) is 5.11 Å². The molecule has 1 atom stereocenters. The lowest BCUT2D eigenvalue weighted by Gasteiger charge is -2.08. The summed E-state index contributed by atoms with van der Waals surface area (Å²) in [6, 6.07) is 7.85. The molecule has 0 radical (unpaired) electrons. The molecule has 0 amide bonds. The largest absolute Gasteiger partial charge is 0.481 e. The van der Waals surface area contributed by atoms with Crippen molar-refractivity contribution in [3.8, 4) is 0 Å². The van der Waals surface area contributed by atoms with Crippen LogP contribution in [0.25, 0.3) is 10.9 Å². The Hall–Kier alpha value is -1.97. The van der Waals surface area contributed by atoms with E-state index in [0.717, 1.165) is 22.2 Å². The van der Waals surface area contributed by atoms with Crippen molar-refractivity contribution in [2.24, 2.45) is 0 Å². The van der Waals surface area contributed by atoms with Crippen LogP contribution in [0.1, 0.15) is 30.5 Å². The molecule has 1 aromatic carbocycles. The van der Waals surface area contributed by atoms with Gasteiger partial charge in [0.2, 0.25) is 0 Å². The first kappa shape index (κ1) is 11.5. The average molecular weight is 230 g/mol. The molecule has 0 fully saturated rings. The lowest BCUT2D eigenvalue weighted by atomic mass is 10.0. The summed E-state index contributed by atoms with van der Waals surface area (Å²) >= 11 is 0. The SMILES string of the molecule is Cc1ccc2nnc(C(C)CC(=O)O)cc2c1. The Morgan fingerprint density at radius 1 is 1.35 bits per heavy atom. The van der Waals surface area contributed by atoms with Gasteiger partial charge in [0.05, 0.1) is 17.6 Å². The van der Waals surface area contributed by atoms with Gasteiger partial charge in [0, 0.05) is 11.3 Å². The maximum absolute atomic E-state index is 10.7. The van der Waals surface area contributed by atoms with Crippen LogP contribution in [-0.2, 0) is 4.79 Å². The Labute approximate surface area is 99.3 Å². The lowest BCUT2D eigenvalue weighted by Crippen LogP contribution is -2.05. The molecule has 4 nitrogen and oxygen atoms in total. The summed E-state index contributed by atoms with van der Waals surface area (Å²) in [5.41, 5.74) is 2.72. The number of hydrogen-bond acceptors (Lipinski definition) is 3. The molecule has 0 bridgehead atoms. The van der Waals surface area contributed by atoms with Gasteiger partial charge in [-0.25, -0.2) is 0 Å². The minimum atomic E-state index is -0.816. The molecule has 0 spiro atoms. The third kappa shape index (κ3) is 2.58. The fraction of sp³-hybridized carbons (Fsp3) is 0.308. The molecule has 2 aromatic rings. The van der Waals surface area contributed by atoms with E-state index in [1.165, 1.54) is 0 Å². The van der Waals surface area contributed by atoms with Crippen molar-refractivity contribution in [3.05, 3.63) is 35.5 Å². The summed E-state index contributed by atoms with van der Waals surface area (Å²) in [6.45, 7) is 3.86. The minimum Gasteiger partial charge on any atom is -0.481 e. The highest BCUT2D eigenvalue weighted by atomic mass is 16.4. The summed E-state index contributed by atoms with van der Waals surface area (Å²) < 4.78 is 0. The van der Waals surface area contributed by atoms with Crippen molar-refractivity contribution in [1.82, 2.24) is 10.2 Å². The van der Waals surface area contributed by atoms with Gasteiger partial charge in [-0.2, -0.15) is 10.2 Å². The predicted octanol–water partition coefficient (Wildman–Crippen LogP) is 2.52. The number of nitrogens with zero attached hydrogens (tertiary/aromatic N) is 2. The topological polar surface area (TPSA) is 63.1 Å². The quantitative estimate of drug-likeness (QED) is 0.880. The van der Waals surface area contributed by atoms with E-state index in [1.54, 1.807) is 0 Å². The number of carbonyl (C=O) groups is 1. The van der Waals surface area contributed by atoms with Crippen LogP contribution in [0, 0.1) is 6.92 Å². The van der Waals surface area contributed by atoms with Crippen molar-refractivity contribution < 1.29 is 9.90 Å². The molecule has 1 heterocycles. The maximum Gasteiger partial charge on any atom is 0.304 e. The Balaban J connectivity index is 2.39. The molecule has 4 heteroatoms. The zero-order valence-corrected chi connectivity index (χ0v) is 9.84. The molecular formula is C13H14N2O2. The molecule has 1 unspecified atom stereocenters. The number of fused-ring (bicyclic) bond motifs is 1. The van der Waals surface area contributed by atoms with Gasteiger partial charge in [-0.3, -0.25) is 4.79 Å². The Kier molecular flexibility index (Phi) is 3.04. The van der Waals surface area contributed by atoms with Crippen molar-refractivity contribution >= 4 is 16.9 Å². The van der Waals surface area contributed by atoms with E-state index in [-0.39, 0.29) is 12.3 Å². The second-order valence-electron chi connectivity index (χ2n) is 4.33. The van der Waals surface area contributed by atoms with Gasteiger partial charge < -0.3 is 5.11 Å². The second-order valence-corrected chi connectivity index (χ2v) is 4.33. The number of aliphatic carboxylic acids is 1. The van der Waals surface area contributed by atoms with E-state index < -0.39 is 5.97 Å². The van der Waals surface area contributed by atoms with Crippen LogP contribution in [0.3, 0.4) is 0 Å². The molecule has 88 valence electrons. The first-order valence-corrected chi connectivity index (χ1v) is 5.52. The molecule has 1 aromatic heterocycles. The van der Waals surface area contributed by atoms with Gasteiger partial charge in [0.15, 0.2) is 0 Å². The first-order valence-electron chi connectivity index (χ1n) is 5.52. The number of aryl methyl sites for hydroxylation is 1. The number of rotatable bonds is 3. The molecule has 0 saturated heterocycles. The summed E-state index contributed by atoms with van der Waals surface area (Å²) in [5, 5.41) is 17.9. The van der Waals surface area contributed by atoms with Crippen molar-refractivity contribution in [3.63, 3.8) is 0 Å². The van der Waals surface area contributed by atoms with Gasteiger partial charge >= 0.3 is 5.97 Å². The zero-order chi connectivity index (χ0) is 12.4. The van der Waals surface area contributed by atoms with Crippen molar-refractivity contribution in [1.29, 1.82) is 0 Å². The van der Waals surface area contributed by atoms with Crippen LogP contribution >= 0.6 is 0 Å². The van der Waals surface area contributed by atoms with E-state index in [0.29, 0.717) is 0 Å². The van der Waals surface area contributed by atoms with Crippen LogP contribution < -0.4 is 0 Å². The molecule has 0 aliphatic heterocycles. The third-order valence-electron chi connectivity index (χ3n) is 2.75. The highest BCUT2D eigenvalue weighted by Gasteiger charge is 2.12. The first-order chi connectivity index (χ1) is 8.06. The highest BCUT2D eigenvalue weighted by molar-refractivity contribution is 5.79. The van der Waals surface area contributed by atoms with Gasteiger partial charge in [-0.05, 0) is 25.1 Å². The zero-order valence-electron chi connectivity index (χ0n) is 9.84. The minimum absolute atomic E-state index is 0.0754. The average Bonchev–Trinajstić information content (AvgIpc) is 2.27. The molecule has 2 rings (SSSR count). The lowest BCUT2D eigenvalue weighted by molar-refractivity contribution is -0.137. The van der Waals surface area contributed by atoms with E-state index >= 15 is 0 Å². The molecule has 1 N–H and O–H groups in total. The fourth-order valence-corrected chi connectivity index (χ4v) is 1.79. The van der Waals surface area contributed by atoms with E-state index in [9.17, 15) is 4.79 Å². The molecular weight excluding hydrogens is 216 g/mol. The summed E-state index contributed by atoms with van der Waals surface area (Å²) in [4.78, 5) is 10.7. The Bertz CT molecular complexity index is 566. The van der Waals surface area contributed by atoms with Crippen LogP contribution in [0.2, 0.25) is 0 Å².